The summed E-state index contributed by atoms with van der Waals surface area (Å²) >= 11 is 0.989. The molecule has 0 unspecified atom stereocenters. The summed E-state index contributed by atoms with van der Waals surface area (Å²) < 4.78 is 13.0. The van der Waals surface area contributed by atoms with Crippen LogP contribution >= 0.6 is 11.8 Å². The smallest absolute Gasteiger partial charge is 0.277 e. The number of halogens is 1. The summed E-state index contributed by atoms with van der Waals surface area (Å²) in [4.78, 5) is 42.9. The van der Waals surface area contributed by atoms with Gasteiger partial charge in [-0.15, -0.1) is 0 Å². The van der Waals surface area contributed by atoms with E-state index in [4.69, 9.17) is 5.73 Å². The molecule has 0 radical (unpaired) electrons. The van der Waals surface area contributed by atoms with Crippen molar-refractivity contribution in [3.63, 3.8) is 0 Å². The van der Waals surface area contributed by atoms with E-state index in [1.54, 1.807) is 24.3 Å². The number of thioether (sulfide) groups is 1. The molecule has 0 fully saturated rings. The van der Waals surface area contributed by atoms with Crippen molar-refractivity contribution >= 4 is 40.8 Å². The highest BCUT2D eigenvalue weighted by atomic mass is 32.2. The summed E-state index contributed by atoms with van der Waals surface area (Å²) in [5.74, 6) is -1.60. The Balaban J connectivity index is 1.64. The van der Waals surface area contributed by atoms with Crippen LogP contribution in [-0.2, 0) is 4.79 Å². The number of nitrogens with zero attached hydrogens (tertiary/aromatic N) is 1. The number of carbonyl (C=O) groups is 2. The van der Waals surface area contributed by atoms with Crippen LogP contribution in [0.15, 0.2) is 64.5 Å². The number of hydrogen-bond acceptors (Lipinski definition) is 6. The van der Waals surface area contributed by atoms with Gasteiger partial charge >= 0.3 is 0 Å². The maximum Gasteiger partial charge on any atom is 0.277 e. The second-order valence-electron chi connectivity index (χ2n) is 5.80. The summed E-state index contributed by atoms with van der Waals surface area (Å²) in [6, 6.07) is 13.7. The first kappa shape index (κ1) is 20.1. The highest BCUT2D eigenvalue weighted by molar-refractivity contribution is 7.99. The monoisotopic (exact) mass is 413 g/mol. The van der Waals surface area contributed by atoms with Crippen molar-refractivity contribution in [3.8, 4) is 0 Å². The SMILES string of the molecule is Nc1nc(SCC(=O)Nc2ccccc2)[nH]c(=O)c1NC(=O)c1ccc(F)cc1. The van der Waals surface area contributed by atoms with Crippen molar-refractivity contribution in [1.29, 1.82) is 0 Å². The maximum atomic E-state index is 13.0. The Hall–Kier alpha value is -3.66. The van der Waals surface area contributed by atoms with Gasteiger partial charge in [-0.3, -0.25) is 19.4 Å². The van der Waals surface area contributed by atoms with Crippen LogP contribution in [0, 0.1) is 5.82 Å². The fourth-order valence-corrected chi connectivity index (χ4v) is 2.97. The minimum atomic E-state index is -0.668. The second-order valence-corrected chi connectivity index (χ2v) is 6.76. The van der Waals surface area contributed by atoms with Gasteiger partial charge in [0.15, 0.2) is 11.0 Å². The molecule has 8 nitrogen and oxygen atoms in total. The molecule has 0 bridgehead atoms. The van der Waals surface area contributed by atoms with Crippen molar-refractivity contribution < 1.29 is 14.0 Å². The molecule has 3 aromatic rings. The van der Waals surface area contributed by atoms with Crippen LogP contribution in [0.25, 0.3) is 0 Å². The molecule has 3 rings (SSSR count). The number of aromatic amines is 1. The van der Waals surface area contributed by atoms with Crippen LogP contribution in [0.1, 0.15) is 10.4 Å². The zero-order valence-electron chi connectivity index (χ0n) is 14.9. The molecule has 5 N–H and O–H groups in total. The van der Waals surface area contributed by atoms with E-state index < -0.39 is 17.3 Å². The Bertz CT molecular complexity index is 1090. The zero-order chi connectivity index (χ0) is 20.8. The Labute approximate surface area is 168 Å². The van der Waals surface area contributed by atoms with E-state index in [1.807, 2.05) is 6.07 Å². The number of H-pyrrole nitrogens is 1. The molecule has 1 aromatic heterocycles. The maximum absolute atomic E-state index is 13.0. The van der Waals surface area contributed by atoms with E-state index in [1.165, 1.54) is 12.1 Å². The number of anilines is 3. The van der Waals surface area contributed by atoms with Crippen molar-refractivity contribution in [2.75, 3.05) is 22.1 Å². The van der Waals surface area contributed by atoms with Crippen molar-refractivity contribution in [3.05, 3.63) is 76.3 Å². The molecular weight excluding hydrogens is 397 g/mol. The molecule has 148 valence electrons. The van der Waals surface area contributed by atoms with Gasteiger partial charge in [0.25, 0.3) is 11.5 Å². The van der Waals surface area contributed by atoms with Gasteiger partial charge in [0.1, 0.15) is 11.5 Å². The highest BCUT2D eigenvalue weighted by Crippen LogP contribution is 2.18. The van der Waals surface area contributed by atoms with E-state index in [2.05, 4.69) is 20.6 Å². The molecule has 0 aliphatic heterocycles. The molecule has 0 aliphatic rings. The third-order valence-corrected chi connectivity index (χ3v) is 4.54. The Morgan fingerprint density at radius 2 is 1.76 bits per heavy atom. The average Bonchev–Trinajstić information content (AvgIpc) is 2.70. The standard InChI is InChI=1S/C19H16FN5O3S/c20-12-8-6-11(7-9-12)17(27)23-15-16(21)24-19(25-18(15)28)29-10-14(26)22-13-4-2-1-3-5-13/h1-9H,10H2,(H,22,26)(H,23,27)(H3,21,24,25,28). The number of nitrogens with two attached hydrogens (primary N) is 1. The molecule has 0 saturated carbocycles. The summed E-state index contributed by atoms with van der Waals surface area (Å²) in [5.41, 5.74) is 5.70. The Kier molecular flexibility index (Phi) is 6.25. The lowest BCUT2D eigenvalue weighted by Gasteiger charge is -2.09. The third kappa shape index (κ3) is 5.42. The predicted octanol–water partition coefficient (Wildman–Crippen LogP) is 2.47. The number of hydrogen-bond donors (Lipinski definition) is 4. The quantitative estimate of drug-likeness (QED) is 0.363. The number of carbonyl (C=O) groups excluding carboxylic acids is 2. The molecule has 0 atom stereocenters. The molecule has 0 saturated heterocycles. The average molecular weight is 413 g/mol. The van der Waals surface area contributed by atoms with Crippen LogP contribution in [0.5, 0.6) is 0 Å². The zero-order valence-corrected chi connectivity index (χ0v) is 15.8. The minimum absolute atomic E-state index is 0.00143. The summed E-state index contributed by atoms with van der Waals surface area (Å²) in [6.07, 6.45) is 0. The fraction of sp³-hybridized carbons (Fsp3) is 0.0526. The molecule has 0 aliphatic carbocycles. The van der Waals surface area contributed by atoms with E-state index in [-0.39, 0.29) is 33.9 Å². The first-order chi connectivity index (χ1) is 13.9. The predicted molar refractivity (Wildman–Crippen MR) is 109 cm³/mol. The van der Waals surface area contributed by atoms with Gasteiger partial charge in [-0.2, -0.15) is 0 Å². The molecule has 2 aromatic carbocycles. The number of nitrogen functional groups attached to an aromatic ring is 1. The third-order valence-electron chi connectivity index (χ3n) is 3.67. The topological polar surface area (TPSA) is 130 Å². The van der Waals surface area contributed by atoms with Crippen LogP contribution in [0.2, 0.25) is 0 Å². The molecule has 29 heavy (non-hydrogen) atoms. The number of aromatic nitrogens is 2. The number of benzene rings is 2. The number of amides is 2. The van der Waals surface area contributed by atoms with E-state index in [0.717, 1.165) is 23.9 Å². The van der Waals surface area contributed by atoms with Crippen molar-refractivity contribution in [2.24, 2.45) is 0 Å². The van der Waals surface area contributed by atoms with Crippen LogP contribution in [0.3, 0.4) is 0 Å². The van der Waals surface area contributed by atoms with Gasteiger partial charge in [-0.25, -0.2) is 9.37 Å². The van der Waals surface area contributed by atoms with Gasteiger partial charge in [-0.05, 0) is 36.4 Å². The van der Waals surface area contributed by atoms with E-state index >= 15 is 0 Å². The van der Waals surface area contributed by atoms with E-state index in [9.17, 15) is 18.8 Å². The van der Waals surface area contributed by atoms with Crippen LogP contribution in [0.4, 0.5) is 21.6 Å². The molecular formula is C19H16FN5O3S. The largest absolute Gasteiger partial charge is 0.382 e. The van der Waals surface area contributed by atoms with Gasteiger partial charge in [0, 0.05) is 11.3 Å². The highest BCUT2D eigenvalue weighted by Gasteiger charge is 2.15. The molecule has 1 heterocycles. The second kappa shape index (κ2) is 9.02. The number of para-hydroxylation sites is 1. The normalized spacial score (nSPS) is 10.4. The van der Waals surface area contributed by atoms with Crippen molar-refractivity contribution in [2.45, 2.75) is 5.16 Å². The first-order valence-electron chi connectivity index (χ1n) is 8.37. The summed E-state index contributed by atoms with van der Waals surface area (Å²) in [6.45, 7) is 0. The van der Waals surface area contributed by atoms with Gasteiger partial charge < -0.3 is 16.4 Å². The van der Waals surface area contributed by atoms with Crippen molar-refractivity contribution in [1.82, 2.24) is 9.97 Å². The van der Waals surface area contributed by atoms with Gasteiger partial charge in [0.2, 0.25) is 5.91 Å². The Morgan fingerprint density at radius 1 is 1.07 bits per heavy atom. The number of rotatable bonds is 6. The molecule has 10 heteroatoms. The van der Waals surface area contributed by atoms with Crippen LogP contribution in [-0.4, -0.2) is 27.5 Å². The summed E-state index contributed by atoms with van der Waals surface area (Å²) in [5, 5.41) is 5.20. The van der Waals surface area contributed by atoms with Gasteiger partial charge in [-0.1, -0.05) is 30.0 Å². The lowest BCUT2D eigenvalue weighted by atomic mass is 10.2. The minimum Gasteiger partial charge on any atom is -0.382 e. The lowest BCUT2D eigenvalue weighted by Crippen LogP contribution is -2.23. The Morgan fingerprint density at radius 3 is 2.41 bits per heavy atom. The van der Waals surface area contributed by atoms with Crippen LogP contribution < -0.4 is 21.9 Å². The fourth-order valence-electron chi connectivity index (χ4n) is 2.30. The van der Waals surface area contributed by atoms with E-state index in [0.29, 0.717) is 5.69 Å². The van der Waals surface area contributed by atoms with Gasteiger partial charge in [0.05, 0.1) is 5.75 Å². The lowest BCUT2D eigenvalue weighted by molar-refractivity contribution is -0.113. The molecule has 0 spiro atoms. The first-order valence-corrected chi connectivity index (χ1v) is 9.35. The molecule has 2 amide bonds. The number of nitrogens with one attached hydrogen (secondary N) is 3. The summed E-state index contributed by atoms with van der Waals surface area (Å²) in [7, 11) is 0.